The van der Waals surface area contributed by atoms with Crippen molar-refractivity contribution in [1.29, 1.82) is 0 Å². The Morgan fingerprint density at radius 1 is 1.00 bits per heavy atom. The van der Waals surface area contributed by atoms with Gasteiger partial charge in [0.2, 0.25) is 0 Å². The SMILES string of the molecule is CC.COc1ccc(C2(C)CSc3cc(OC)ccc3C2CCCCCCC(=O)O)cc1. The van der Waals surface area contributed by atoms with Crippen molar-refractivity contribution < 1.29 is 19.4 Å². The minimum atomic E-state index is -0.700. The van der Waals surface area contributed by atoms with Gasteiger partial charge in [-0.3, -0.25) is 4.79 Å². The molecule has 0 spiro atoms. The van der Waals surface area contributed by atoms with Crippen molar-refractivity contribution in [2.75, 3.05) is 20.0 Å². The predicted molar refractivity (Wildman–Crippen MR) is 133 cm³/mol. The zero-order chi connectivity index (χ0) is 23.6. The smallest absolute Gasteiger partial charge is 0.303 e. The minimum absolute atomic E-state index is 0.0274. The molecule has 0 bridgehead atoms. The van der Waals surface area contributed by atoms with Gasteiger partial charge in [0.25, 0.3) is 0 Å². The largest absolute Gasteiger partial charge is 0.497 e. The van der Waals surface area contributed by atoms with Gasteiger partial charge in [-0.25, -0.2) is 0 Å². The lowest BCUT2D eigenvalue weighted by atomic mass is 9.68. The molecule has 0 saturated heterocycles. The highest BCUT2D eigenvalue weighted by atomic mass is 32.2. The van der Waals surface area contributed by atoms with E-state index in [0.29, 0.717) is 5.92 Å². The van der Waals surface area contributed by atoms with Gasteiger partial charge in [-0.05, 0) is 54.2 Å². The van der Waals surface area contributed by atoms with E-state index in [9.17, 15) is 4.79 Å². The van der Waals surface area contributed by atoms with Gasteiger partial charge in [0, 0.05) is 22.5 Å². The molecule has 0 fully saturated rings. The molecular weight excluding hydrogens is 420 g/mol. The summed E-state index contributed by atoms with van der Waals surface area (Å²) in [7, 11) is 3.41. The van der Waals surface area contributed by atoms with E-state index in [1.807, 2.05) is 25.6 Å². The third-order valence-electron chi connectivity index (χ3n) is 6.28. The first kappa shape index (κ1) is 26.1. The summed E-state index contributed by atoms with van der Waals surface area (Å²) in [4.78, 5) is 12.1. The molecule has 5 heteroatoms. The molecule has 2 aromatic rings. The highest BCUT2D eigenvalue weighted by Gasteiger charge is 2.41. The fourth-order valence-electron chi connectivity index (χ4n) is 4.43. The minimum Gasteiger partial charge on any atom is -0.497 e. The second kappa shape index (κ2) is 12.8. The van der Waals surface area contributed by atoms with Crippen molar-refractivity contribution in [3.05, 3.63) is 53.6 Å². The molecule has 0 radical (unpaired) electrons. The number of benzene rings is 2. The number of thioether (sulfide) groups is 1. The lowest BCUT2D eigenvalue weighted by Gasteiger charge is -2.43. The summed E-state index contributed by atoms with van der Waals surface area (Å²) < 4.78 is 10.8. The second-order valence-electron chi connectivity index (χ2n) is 8.24. The first-order valence-electron chi connectivity index (χ1n) is 11.6. The lowest BCUT2D eigenvalue weighted by Crippen LogP contribution is -2.36. The Morgan fingerprint density at radius 3 is 2.25 bits per heavy atom. The highest BCUT2D eigenvalue weighted by Crippen LogP contribution is 2.52. The normalized spacial score (nSPS) is 19.3. The van der Waals surface area contributed by atoms with E-state index in [0.717, 1.165) is 49.4 Å². The van der Waals surface area contributed by atoms with Gasteiger partial charge in [0.05, 0.1) is 14.2 Å². The van der Waals surface area contributed by atoms with Crippen LogP contribution >= 0.6 is 11.8 Å². The molecule has 176 valence electrons. The van der Waals surface area contributed by atoms with E-state index >= 15 is 0 Å². The van der Waals surface area contributed by atoms with Crippen LogP contribution in [-0.4, -0.2) is 31.0 Å². The van der Waals surface area contributed by atoms with Crippen molar-refractivity contribution in [2.24, 2.45) is 0 Å². The van der Waals surface area contributed by atoms with Crippen molar-refractivity contribution in [2.45, 2.75) is 75.5 Å². The summed E-state index contributed by atoms with van der Waals surface area (Å²) in [5.74, 6) is 2.51. The molecule has 1 aliphatic rings. The summed E-state index contributed by atoms with van der Waals surface area (Å²) in [5, 5.41) is 8.84. The number of hydrogen-bond donors (Lipinski definition) is 1. The van der Waals surface area contributed by atoms with Gasteiger partial charge in [0.15, 0.2) is 0 Å². The molecule has 0 amide bonds. The zero-order valence-corrected chi connectivity index (χ0v) is 21.0. The van der Waals surface area contributed by atoms with Crippen LogP contribution < -0.4 is 9.47 Å². The number of carbonyl (C=O) groups is 1. The maximum absolute atomic E-state index is 10.7. The van der Waals surface area contributed by atoms with Crippen LogP contribution in [0.5, 0.6) is 11.5 Å². The van der Waals surface area contributed by atoms with E-state index in [4.69, 9.17) is 14.6 Å². The van der Waals surface area contributed by atoms with Gasteiger partial charge in [0.1, 0.15) is 11.5 Å². The van der Waals surface area contributed by atoms with Crippen LogP contribution in [0, 0.1) is 0 Å². The van der Waals surface area contributed by atoms with Crippen LogP contribution in [0.25, 0.3) is 0 Å². The van der Waals surface area contributed by atoms with Crippen molar-refractivity contribution in [1.82, 2.24) is 0 Å². The van der Waals surface area contributed by atoms with E-state index in [2.05, 4.69) is 49.4 Å². The summed E-state index contributed by atoms with van der Waals surface area (Å²) >= 11 is 1.91. The fourth-order valence-corrected chi connectivity index (χ4v) is 5.83. The molecule has 32 heavy (non-hydrogen) atoms. The van der Waals surface area contributed by atoms with E-state index < -0.39 is 5.97 Å². The lowest BCUT2D eigenvalue weighted by molar-refractivity contribution is -0.137. The van der Waals surface area contributed by atoms with E-state index in [1.54, 1.807) is 14.2 Å². The first-order chi connectivity index (χ1) is 15.5. The van der Waals surface area contributed by atoms with Crippen molar-refractivity contribution in [3.8, 4) is 11.5 Å². The van der Waals surface area contributed by atoms with Gasteiger partial charge >= 0.3 is 5.97 Å². The van der Waals surface area contributed by atoms with Crippen LogP contribution in [0.15, 0.2) is 47.4 Å². The number of ether oxygens (including phenoxy) is 2. The monoisotopic (exact) mass is 458 g/mol. The number of aliphatic carboxylic acids is 1. The van der Waals surface area contributed by atoms with Gasteiger partial charge < -0.3 is 14.6 Å². The quantitative estimate of drug-likeness (QED) is 0.378. The fraction of sp³-hybridized carbons (Fsp3) is 0.519. The van der Waals surface area contributed by atoms with Crippen LogP contribution in [-0.2, 0) is 10.2 Å². The highest BCUT2D eigenvalue weighted by molar-refractivity contribution is 7.99. The second-order valence-corrected chi connectivity index (χ2v) is 9.25. The molecule has 2 unspecified atom stereocenters. The molecule has 1 N–H and O–H groups in total. The van der Waals surface area contributed by atoms with Crippen LogP contribution in [0.2, 0.25) is 0 Å². The number of methoxy groups -OCH3 is 2. The van der Waals surface area contributed by atoms with Crippen molar-refractivity contribution in [3.63, 3.8) is 0 Å². The van der Waals surface area contributed by atoms with Gasteiger partial charge in [-0.1, -0.05) is 58.2 Å². The number of hydrogen-bond acceptors (Lipinski definition) is 4. The maximum atomic E-state index is 10.7. The number of carboxylic acid groups (broad SMARTS) is 1. The number of fused-ring (bicyclic) bond motifs is 1. The van der Waals surface area contributed by atoms with Crippen LogP contribution in [0.3, 0.4) is 0 Å². The van der Waals surface area contributed by atoms with Gasteiger partial charge in [-0.2, -0.15) is 0 Å². The Hall–Kier alpha value is -2.14. The molecule has 0 saturated carbocycles. The first-order valence-corrected chi connectivity index (χ1v) is 12.6. The van der Waals surface area contributed by atoms with E-state index in [-0.39, 0.29) is 11.8 Å². The maximum Gasteiger partial charge on any atom is 0.303 e. The number of unbranched alkanes of at least 4 members (excludes halogenated alkanes) is 3. The van der Waals surface area contributed by atoms with Crippen LogP contribution in [0.4, 0.5) is 0 Å². The summed E-state index contributed by atoms with van der Waals surface area (Å²) in [6, 6.07) is 15.0. The Morgan fingerprint density at radius 2 is 1.62 bits per heavy atom. The van der Waals surface area contributed by atoms with E-state index in [1.165, 1.54) is 16.0 Å². The number of carboxylic acids is 1. The summed E-state index contributed by atoms with van der Waals surface area (Å²) in [5.41, 5.74) is 2.77. The molecule has 1 heterocycles. The molecule has 0 aromatic heterocycles. The third kappa shape index (κ3) is 6.44. The van der Waals surface area contributed by atoms with Crippen LogP contribution in [0.1, 0.15) is 76.3 Å². The van der Waals surface area contributed by atoms with Gasteiger partial charge in [-0.15, -0.1) is 11.8 Å². The molecule has 3 rings (SSSR count). The van der Waals surface area contributed by atoms with Crippen molar-refractivity contribution >= 4 is 17.7 Å². The summed E-state index contributed by atoms with van der Waals surface area (Å²) in [6.07, 6.45) is 5.27. The molecule has 2 atom stereocenters. The molecular formula is C27H38O4S. The molecule has 0 aliphatic carbocycles. The predicted octanol–water partition coefficient (Wildman–Crippen LogP) is 7.30. The topological polar surface area (TPSA) is 55.8 Å². The Bertz CT molecular complexity index is 849. The molecule has 2 aromatic carbocycles. The average Bonchev–Trinajstić information content (AvgIpc) is 2.83. The molecule has 1 aliphatic heterocycles. The average molecular weight is 459 g/mol. The summed E-state index contributed by atoms with van der Waals surface area (Å²) in [6.45, 7) is 6.38. The standard InChI is InChI=1S/C25H32O4S.C2H6/c1-25(18-10-12-19(28-2)13-11-18)17-30-23-16-20(29-3)14-15-21(23)22(25)8-6-4-5-7-9-24(26)27;1-2/h10-16,22H,4-9,17H2,1-3H3,(H,26,27);1-2H3. The Kier molecular flexibility index (Phi) is 10.4. The number of rotatable bonds is 10. The zero-order valence-electron chi connectivity index (χ0n) is 20.1. The Balaban J connectivity index is 0.00000176. The Labute approximate surface area is 197 Å². The molecule has 4 nitrogen and oxygen atoms in total. The third-order valence-corrected chi connectivity index (χ3v) is 7.68.